The van der Waals surface area contributed by atoms with E-state index in [4.69, 9.17) is 5.11 Å². The standard InChI is InChI=1S/C14H16N2O5/c17-9-11-3-1-10(2-4-11)7-12-8-15(13(18)19)5-6-16(12)14(20)21/h1-4,9,12H,5-8H2,(H,18,19)(H,20,21)/t12-/m1/s1. The van der Waals surface area contributed by atoms with E-state index in [2.05, 4.69) is 0 Å². The van der Waals surface area contributed by atoms with Crippen molar-refractivity contribution in [3.8, 4) is 0 Å². The largest absolute Gasteiger partial charge is 0.465 e. The molecule has 0 spiro atoms. The van der Waals surface area contributed by atoms with Gasteiger partial charge in [-0.3, -0.25) is 4.79 Å². The third kappa shape index (κ3) is 3.50. The molecule has 1 aromatic carbocycles. The third-order valence-electron chi connectivity index (χ3n) is 3.59. The number of hydrogen-bond donors (Lipinski definition) is 2. The van der Waals surface area contributed by atoms with Gasteiger partial charge in [-0.25, -0.2) is 9.59 Å². The van der Waals surface area contributed by atoms with E-state index in [1.807, 2.05) is 0 Å². The second kappa shape index (κ2) is 6.25. The Morgan fingerprint density at radius 3 is 2.33 bits per heavy atom. The number of rotatable bonds is 3. The first kappa shape index (κ1) is 14.8. The minimum atomic E-state index is -1.05. The maximum atomic E-state index is 11.2. The first-order chi connectivity index (χ1) is 10.0. The Labute approximate surface area is 121 Å². The van der Waals surface area contributed by atoms with Crippen LogP contribution in [0.1, 0.15) is 15.9 Å². The molecule has 0 radical (unpaired) electrons. The molecule has 2 N–H and O–H groups in total. The van der Waals surface area contributed by atoms with Crippen molar-refractivity contribution in [1.82, 2.24) is 9.80 Å². The van der Waals surface area contributed by atoms with E-state index in [-0.39, 0.29) is 19.6 Å². The minimum absolute atomic E-state index is 0.150. The lowest BCUT2D eigenvalue weighted by Gasteiger charge is -2.38. The molecule has 1 saturated heterocycles. The Morgan fingerprint density at radius 2 is 1.81 bits per heavy atom. The monoisotopic (exact) mass is 292 g/mol. The minimum Gasteiger partial charge on any atom is -0.465 e. The lowest BCUT2D eigenvalue weighted by molar-refractivity contribution is 0.0639. The van der Waals surface area contributed by atoms with Crippen molar-refractivity contribution in [2.24, 2.45) is 0 Å². The zero-order valence-corrected chi connectivity index (χ0v) is 11.3. The topological polar surface area (TPSA) is 98.2 Å². The quantitative estimate of drug-likeness (QED) is 0.820. The number of hydrogen-bond acceptors (Lipinski definition) is 3. The van der Waals surface area contributed by atoms with Crippen LogP contribution in [0.2, 0.25) is 0 Å². The molecule has 1 aromatic rings. The molecule has 0 aliphatic carbocycles. The molecule has 21 heavy (non-hydrogen) atoms. The smallest absolute Gasteiger partial charge is 0.407 e. The normalized spacial score (nSPS) is 18.4. The van der Waals surface area contributed by atoms with Crippen LogP contribution in [0.5, 0.6) is 0 Å². The van der Waals surface area contributed by atoms with Gasteiger partial charge in [0.2, 0.25) is 0 Å². The van der Waals surface area contributed by atoms with E-state index in [0.29, 0.717) is 12.0 Å². The van der Waals surface area contributed by atoms with Gasteiger partial charge in [-0.05, 0) is 12.0 Å². The van der Waals surface area contributed by atoms with Crippen LogP contribution in [0.15, 0.2) is 24.3 Å². The third-order valence-corrected chi connectivity index (χ3v) is 3.59. The van der Waals surface area contributed by atoms with Crippen LogP contribution in [0, 0.1) is 0 Å². The Bertz CT molecular complexity index is 543. The van der Waals surface area contributed by atoms with Gasteiger partial charge >= 0.3 is 12.2 Å². The molecule has 2 amide bonds. The molecular weight excluding hydrogens is 276 g/mol. The highest BCUT2D eigenvalue weighted by atomic mass is 16.4. The molecule has 0 unspecified atom stereocenters. The molecule has 1 fully saturated rings. The average Bonchev–Trinajstić information content (AvgIpc) is 2.47. The van der Waals surface area contributed by atoms with Gasteiger partial charge in [-0.15, -0.1) is 0 Å². The van der Waals surface area contributed by atoms with Gasteiger partial charge in [0.15, 0.2) is 0 Å². The van der Waals surface area contributed by atoms with Crippen molar-refractivity contribution in [3.05, 3.63) is 35.4 Å². The highest BCUT2D eigenvalue weighted by Gasteiger charge is 2.32. The highest BCUT2D eigenvalue weighted by molar-refractivity contribution is 5.74. The molecule has 0 bridgehead atoms. The number of carbonyl (C=O) groups is 3. The molecular formula is C14H16N2O5. The van der Waals surface area contributed by atoms with Crippen LogP contribution < -0.4 is 0 Å². The van der Waals surface area contributed by atoms with Crippen LogP contribution in [0.4, 0.5) is 9.59 Å². The molecule has 7 heteroatoms. The summed E-state index contributed by atoms with van der Waals surface area (Å²) in [6.45, 7) is 0.498. The number of piperazine rings is 1. The zero-order valence-electron chi connectivity index (χ0n) is 11.3. The van der Waals surface area contributed by atoms with Gasteiger partial charge < -0.3 is 20.0 Å². The van der Waals surface area contributed by atoms with Crippen LogP contribution in [0.25, 0.3) is 0 Å². The molecule has 1 atom stereocenters. The highest BCUT2D eigenvalue weighted by Crippen LogP contribution is 2.16. The fourth-order valence-electron chi connectivity index (χ4n) is 2.46. The number of carboxylic acid groups (broad SMARTS) is 2. The molecule has 2 rings (SSSR count). The van der Waals surface area contributed by atoms with Crippen LogP contribution in [-0.4, -0.2) is 64.2 Å². The maximum Gasteiger partial charge on any atom is 0.407 e. The van der Waals surface area contributed by atoms with E-state index in [9.17, 15) is 19.5 Å². The Balaban J connectivity index is 2.13. The van der Waals surface area contributed by atoms with Crippen molar-refractivity contribution in [3.63, 3.8) is 0 Å². The summed E-state index contributed by atoms with van der Waals surface area (Å²) in [5.41, 5.74) is 1.41. The summed E-state index contributed by atoms with van der Waals surface area (Å²) < 4.78 is 0. The summed E-state index contributed by atoms with van der Waals surface area (Å²) in [5.74, 6) is 0. The van der Waals surface area contributed by atoms with Crippen molar-refractivity contribution in [2.75, 3.05) is 19.6 Å². The fourth-order valence-corrected chi connectivity index (χ4v) is 2.46. The fraction of sp³-hybridized carbons (Fsp3) is 0.357. The van der Waals surface area contributed by atoms with E-state index in [0.717, 1.165) is 11.8 Å². The van der Waals surface area contributed by atoms with Crippen molar-refractivity contribution in [1.29, 1.82) is 0 Å². The maximum absolute atomic E-state index is 11.2. The van der Waals surface area contributed by atoms with E-state index in [1.54, 1.807) is 24.3 Å². The van der Waals surface area contributed by atoms with Gasteiger partial charge in [-0.2, -0.15) is 0 Å². The molecule has 0 saturated carbocycles. The van der Waals surface area contributed by atoms with Gasteiger partial charge in [0, 0.05) is 25.2 Å². The van der Waals surface area contributed by atoms with Gasteiger partial charge in [0.1, 0.15) is 6.29 Å². The number of benzene rings is 1. The second-order valence-electron chi connectivity index (χ2n) is 4.92. The van der Waals surface area contributed by atoms with Gasteiger partial charge in [0.05, 0.1) is 6.04 Å². The molecule has 112 valence electrons. The first-order valence-electron chi connectivity index (χ1n) is 6.53. The number of nitrogens with zero attached hydrogens (tertiary/aromatic N) is 2. The molecule has 7 nitrogen and oxygen atoms in total. The van der Waals surface area contributed by atoms with Crippen LogP contribution in [0.3, 0.4) is 0 Å². The first-order valence-corrected chi connectivity index (χ1v) is 6.53. The van der Waals surface area contributed by atoms with E-state index < -0.39 is 18.2 Å². The summed E-state index contributed by atoms with van der Waals surface area (Å²) >= 11 is 0. The number of aldehydes is 1. The zero-order chi connectivity index (χ0) is 15.4. The van der Waals surface area contributed by atoms with Crippen LogP contribution in [-0.2, 0) is 6.42 Å². The molecule has 1 aliphatic heterocycles. The van der Waals surface area contributed by atoms with E-state index in [1.165, 1.54) is 9.80 Å². The summed E-state index contributed by atoms with van der Waals surface area (Å²) in [6.07, 6.45) is -0.939. The lowest BCUT2D eigenvalue weighted by atomic mass is 10.0. The molecule has 1 heterocycles. The van der Waals surface area contributed by atoms with Crippen molar-refractivity contribution in [2.45, 2.75) is 12.5 Å². The Hall–Kier alpha value is -2.57. The molecule has 0 aromatic heterocycles. The van der Waals surface area contributed by atoms with Crippen molar-refractivity contribution < 1.29 is 24.6 Å². The van der Waals surface area contributed by atoms with Crippen molar-refractivity contribution >= 4 is 18.5 Å². The van der Waals surface area contributed by atoms with Crippen LogP contribution >= 0.6 is 0 Å². The SMILES string of the molecule is O=Cc1ccc(C[C@@H]2CN(C(=O)O)CCN2C(=O)O)cc1. The Kier molecular flexibility index (Phi) is 4.42. The predicted octanol–water partition coefficient (Wildman–Crippen LogP) is 1.38. The Morgan fingerprint density at radius 1 is 1.14 bits per heavy atom. The second-order valence-corrected chi connectivity index (χ2v) is 4.92. The van der Waals surface area contributed by atoms with E-state index >= 15 is 0 Å². The summed E-state index contributed by atoms with van der Waals surface area (Å²) in [6, 6.07) is 6.40. The average molecular weight is 292 g/mol. The lowest BCUT2D eigenvalue weighted by Crippen LogP contribution is -2.56. The summed E-state index contributed by atoms with van der Waals surface area (Å²) in [5, 5.41) is 18.2. The number of amides is 2. The van der Waals surface area contributed by atoms with Gasteiger partial charge in [-0.1, -0.05) is 24.3 Å². The van der Waals surface area contributed by atoms with Gasteiger partial charge in [0.25, 0.3) is 0 Å². The number of carbonyl (C=O) groups excluding carboxylic acids is 1. The molecule has 1 aliphatic rings. The summed E-state index contributed by atoms with van der Waals surface area (Å²) in [4.78, 5) is 35.4. The predicted molar refractivity (Wildman–Crippen MR) is 73.7 cm³/mol. The summed E-state index contributed by atoms with van der Waals surface area (Å²) in [7, 11) is 0.